The molecule has 2 amide bonds. The number of carbonyl (C=O) groups is 2. The van der Waals surface area contributed by atoms with Crippen LogP contribution < -0.4 is 5.32 Å². The van der Waals surface area contributed by atoms with E-state index in [2.05, 4.69) is 5.32 Å². The van der Waals surface area contributed by atoms with E-state index < -0.39 is 29.2 Å². The SMILES string of the molecule is CC1CN(C(=O)Nc2cc(C(=O)O)c(F)cc2F)CCO1. The average molecular weight is 300 g/mol. The standard InChI is InChI=1S/C13H14F2N2O4/c1-7-6-17(2-3-21-7)13(20)16-11-4-8(12(18)19)9(14)5-10(11)15/h4-5,7H,2-3,6H2,1H3,(H,16,20)(H,18,19). The maximum atomic E-state index is 13.6. The maximum Gasteiger partial charge on any atom is 0.338 e. The normalized spacial score (nSPS) is 18.4. The zero-order valence-corrected chi connectivity index (χ0v) is 11.2. The van der Waals surface area contributed by atoms with E-state index >= 15 is 0 Å². The molecule has 2 rings (SSSR count). The summed E-state index contributed by atoms with van der Waals surface area (Å²) in [6.07, 6.45) is -0.142. The van der Waals surface area contributed by atoms with Gasteiger partial charge in [0.1, 0.15) is 11.6 Å². The number of benzene rings is 1. The Labute approximate surface area is 119 Å². The Kier molecular flexibility index (Phi) is 4.37. The molecule has 0 bridgehead atoms. The summed E-state index contributed by atoms with van der Waals surface area (Å²) in [6.45, 7) is 2.83. The minimum atomic E-state index is -1.54. The molecule has 1 aliphatic heterocycles. The molecule has 0 aromatic heterocycles. The summed E-state index contributed by atoms with van der Waals surface area (Å²) in [5.74, 6) is -3.77. The highest BCUT2D eigenvalue weighted by Gasteiger charge is 2.23. The van der Waals surface area contributed by atoms with Gasteiger partial charge in [0.25, 0.3) is 0 Å². The number of aromatic carboxylic acids is 1. The van der Waals surface area contributed by atoms with Crippen LogP contribution in [0.2, 0.25) is 0 Å². The molecular formula is C13H14F2N2O4. The van der Waals surface area contributed by atoms with Gasteiger partial charge in [-0.15, -0.1) is 0 Å². The van der Waals surface area contributed by atoms with E-state index in [1.54, 1.807) is 6.92 Å². The summed E-state index contributed by atoms with van der Waals surface area (Å²) >= 11 is 0. The van der Waals surface area contributed by atoms with E-state index in [-0.39, 0.29) is 11.8 Å². The number of hydrogen-bond donors (Lipinski definition) is 2. The second-order valence-corrected chi connectivity index (χ2v) is 4.67. The van der Waals surface area contributed by atoms with Crippen LogP contribution in [0.25, 0.3) is 0 Å². The number of rotatable bonds is 2. The van der Waals surface area contributed by atoms with Gasteiger partial charge in [0.15, 0.2) is 0 Å². The number of urea groups is 1. The van der Waals surface area contributed by atoms with Crippen LogP contribution >= 0.6 is 0 Å². The van der Waals surface area contributed by atoms with Crippen molar-refractivity contribution in [3.05, 3.63) is 29.3 Å². The second kappa shape index (κ2) is 6.04. The van der Waals surface area contributed by atoms with E-state index in [1.165, 1.54) is 4.90 Å². The number of morpholine rings is 1. The van der Waals surface area contributed by atoms with E-state index in [4.69, 9.17) is 9.84 Å². The second-order valence-electron chi connectivity index (χ2n) is 4.67. The van der Waals surface area contributed by atoms with Gasteiger partial charge in [0.2, 0.25) is 0 Å². The Morgan fingerprint density at radius 2 is 2.10 bits per heavy atom. The molecule has 1 aromatic rings. The van der Waals surface area contributed by atoms with Gasteiger partial charge in [0.05, 0.1) is 24.0 Å². The number of halogens is 2. The Bertz CT molecular complexity index is 580. The van der Waals surface area contributed by atoms with Crippen LogP contribution in [0.1, 0.15) is 17.3 Å². The quantitative estimate of drug-likeness (QED) is 0.874. The van der Waals surface area contributed by atoms with Crippen LogP contribution in [-0.4, -0.2) is 47.8 Å². The molecule has 2 N–H and O–H groups in total. The van der Waals surface area contributed by atoms with Gasteiger partial charge in [-0.2, -0.15) is 0 Å². The molecule has 0 radical (unpaired) electrons. The molecule has 1 unspecified atom stereocenters. The minimum Gasteiger partial charge on any atom is -0.478 e. The van der Waals surface area contributed by atoms with E-state index in [0.29, 0.717) is 25.8 Å². The van der Waals surface area contributed by atoms with Gasteiger partial charge in [-0.25, -0.2) is 18.4 Å². The fourth-order valence-corrected chi connectivity index (χ4v) is 2.01. The molecule has 0 aliphatic carbocycles. The number of carboxylic acid groups (broad SMARTS) is 1. The van der Waals surface area contributed by atoms with Gasteiger partial charge in [0, 0.05) is 19.2 Å². The summed E-state index contributed by atoms with van der Waals surface area (Å²) in [6, 6.07) is 0.600. The smallest absolute Gasteiger partial charge is 0.338 e. The van der Waals surface area contributed by atoms with Crippen molar-refractivity contribution in [2.45, 2.75) is 13.0 Å². The fourth-order valence-electron chi connectivity index (χ4n) is 2.01. The highest BCUT2D eigenvalue weighted by atomic mass is 19.1. The third kappa shape index (κ3) is 3.46. The first kappa shape index (κ1) is 15.2. The summed E-state index contributed by atoms with van der Waals surface area (Å²) in [4.78, 5) is 24.2. The molecule has 1 heterocycles. The monoisotopic (exact) mass is 300 g/mol. The van der Waals surface area contributed by atoms with Crippen molar-refractivity contribution in [1.82, 2.24) is 4.90 Å². The lowest BCUT2D eigenvalue weighted by Crippen LogP contribution is -2.46. The molecule has 0 spiro atoms. The Hall–Kier alpha value is -2.22. The van der Waals surface area contributed by atoms with Gasteiger partial charge in [-0.1, -0.05) is 0 Å². The molecule has 6 nitrogen and oxygen atoms in total. The summed E-state index contributed by atoms with van der Waals surface area (Å²) in [7, 11) is 0. The number of anilines is 1. The van der Waals surface area contributed by atoms with Gasteiger partial charge >= 0.3 is 12.0 Å². The van der Waals surface area contributed by atoms with Gasteiger partial charge < -0.3 is 20.1 Å². The van der Waals surface area contributed by atoms with Crippen LogP contribution in [0.5, 0.6) is 0 Å². The molecule has 1 fully saturated rings. The molecule has 1 atom stereocenters. The average Bonchev–Trinajstić information content (AvgIpc) is 2.41. The third-order valence-corrected chi connectivity index (χ3v) is 3.06. The molecule has 1 saturated heterocycles. The number of carbonyl (C=O) groups excluding carboxylic acids is 1. The van der Waals surface area contributed by atoms with Crippen LogP contribution in [0.4, 0.5) is 19.3 Å². The first-order valence-electron chi connectivity index (χ1n) is 6.28. The highest BCUT2D eigenvalue weighted by molar-refractivity contribution is 5.93. The predicted molar refractivity (Wildman–Crippen MR) is 69.3 cm³/mol. The maximum absolute atomic E-state index is 13.6. The molecule has 0 saturated carbocycles. The molecule has 8 heteroatoms. The summed E-state index contributed by atoms with van der Waals surface area (Å²) in [5.41, 5.74) is -1.08. The number of carboxylic acids is 1. The molecule has 1 aliphatic rings. The largest absolute Gasteiger partial charge is 0.478 e. The van der Waals surface area contributed by atoms with Crippen LogP contribution in [0.3, 0.4) is 0 Å². The number of nitrogens with one attached hydrogen (secondary N) is 1. The van der Waals surface area contributed by atoms with Gasteiger partial charge in [-0.05, 0) is 13.0 Å². The van der Waals surface area contributed by atoms with Crippen LogP contribution in [0, 0.1) is 11.6 Å². The van der Waals surface area contributed by atoms with E-state index in [1.807, 2.05) is 0 Å². The lowest BCUT2D eigenvalue weighted by molar-refractivity contribution is -0.00139. The zero-order chi connectivity index (χ0) is 15.6. The van der Waals surface area contributed by atoms with Gasteiger partial charge in [-0.3, -0.25) is 0 Å². The first-order chi connectivity index (χ1) is 9.88. The number of nitrogens with zero attached hydrogens (tertiary/aromatic N) is 1. The summed E-state index contributed by atoms with van der Waals surface area (Å²) in [5, 5.41) is 11.0. The molecule has 114 valence electrons. The fraction of sp³-hybridized carbons (Fsp3) is 0.385. The summed E-state index contributed by atoms with van der Waals surface area (Å²) < 4.78 is 32.1. The van der Waals surface area contributed by atoms with Crippen molar-refractivity contribution in [2.24, 2.45) is 0 Å². The third-order valence-electron chi connectivity index (χ3n) is 3.06. The molecular weight excluding hydrogens is 286 g/mol. The molecule has 1 aromatic carbocycles. The van der Waals surface area contributed by atoms with Crippen LogP contribution in [-0.2, 0) is 4.74 Å². The lowest BCUT2D eigenvalue weighted by atomic mass is 10.2. The van der Waals surface area contributed by atoms with E-state index in [9.17, 15) is 18.4 Å². The number of hydrogen-bond acceptors (Lipinski definition) is 3. The van der Waals surface area contributed by atoms with Crippen LogP contribution in [0.15, 0.2) is 12.1 Å². The van der Waals surface area contributed by atoms with Crippen molar-refractivity contribution in [2.75, 3.05) is 25.0 Å². The Morgan fingerprint density at radius 3 is 2.71 bits per heavy atom. The lowest BCUT2D eigenvalue weighted by Gasteiger charge is -2.31. The van der Waals surface area contributed by atoms with Crippen molar-refractivity contribution in [3.8, 4) is 0 Å². The highest BCUT2D eigenvalue weighted by Crippen LogP contribution is 2.20. The van der Waals surface area contributed by atoms with Crippen molar-refractivity contribution in [1.29, 1.82) is 0 Å². The topological polar surface area (TPSA) is 78.9 Å². The van der Waals surface area contributed by atoms with Crippen molar-refractivity contribution >= 4 is 17.7 Å². The Morgan fingerprint density at radius 1 is 1.38 bits per heavy atom. The minimum absolute atomic E-state index is 0.142. The van der Waals surface area contributed by atoms with E-state index in [0.717, 1.165) is 6.07 Å². The van der Waals surface area contributed by atoms with Crippen molar-refractivity contribution < 1.29 is 28.2 Å². The number of amides is 2. The van der Waals surface area contributed by atoms with Crippen molar-refractivity contribution in [3.63, 3.8) is 0 Å². The number of ether oxygens (including phenoxy) is 1. The zero-order valence-electron chi connectivity index (χ0n) is 11.2. The first-order valence-corrected chi connectivity index (χ1v) is 6.28. The predicted octanol–water partition coefficient (Wildman–Crippen LogP) is 1.92. The Balaban J connectivity index is 2.17. The molecule has 21 heavy (non-hydrogen) atoms.